The summed E-state index contributed by atoms with van der Waals surface area (Å²) in [4.78, 5) is 26.5. The number of hydrogen-bond acceptors (Lipinski definition) is 4. The van der Waals surface area contributed by atoms with E-state index in [0.29, 0.717) is 12.3 Å². The van der Waals surface area contributed by atoms with Gasteiger partial charge in [-0.15, -0.1) is 11.8 Å². The first-order valence-electron chi connectivity index (χ1n) is 8.80. The van der Waals surface area contributed by atoms with Crippen LogP contribution in [-0.4, -0.2) is 42.7 Å². The average molecular weight is 387 g/mol. The van der Waals surface area contributed by atoms with E-state index in [-0.39, 0.29) is 11.8 Å². The molecule has 0 radical (unpaired) electrons. The van der Waals surface area contributed by atoms with Gasteiger partial charge in [-0.3, -0.25) is 9.59 Å². The van der Waals surface area contributed by atoms with E-state index >= 15 is 0 Å². The zero-order valence-electron chi connectivity index (χ0n) is 16.0. The van der Waals surface area contributed by atoms with Crippen molar-refractivity contribution in [2.75, 3.05) is 19.9 Å². The van der Waals surface area contributed by atoms with Crippen molar-refractivity contribution < 1.29 is 14.3 Å². The van der Waals surface area contributed by atoms with Crippen LogP contribution in [0.1, 0.15) is 18.1 Å². The minimum absolute atomic E-state index is 0.0477. The van der Waals surface area contributed by atoms with Gasteiger partial charge >= 0.3 is 0 Å². The summed E-state index contributed by atoms with van der Waals surface area (Å²) in [5.74, 6) is 1.64. The summed E-state index contributed by atoms with van der Waals surface area (Å²) in [5.41, 5.74) is 2.13. The predicted octanol–water partition coefficient (Wildman–Crippen LogP) is 3.09. The van der Waals surface area contributed by atoms with Gasteiger partial charge in [0, 0.05) is 19.3 Å². The van der Waals surface area contributed by atoms with Crippen LogP contribution >= 0.6 is 11.8 Å². The molecule has 1 N–H and O–H groups in total. The lowest BCUT2D eigenvalue weighted by Crippen LogP contribution is -2.47. The van der Waals surface area contributed by atoms with Crippen LogP contribution in [0.3, 0.4) is 0 Å². The number of benzene rings is 2. The van der Waals surface area contributed by atoms with E-state index in [2.05, 4.69) is 5.32 Å². The molecule has 0 aliphatic rings. The summed E-state index contributed by atoms with van der Waals surface area (Å²) in [6, 6.07) is 17.0. The molecular formula is C21H26N2O3S. The van der Waals surface area contributed by atoms with Crippen molar-refractivity contribution in [3.63, 3.8) is 0 Å². The van der Waals surface area contributed by atoms with E-state index < -0.39 is 6.04 Å². The number of likely N-dealkylation sites (N-methyl/N-ethyl adjacent to an activating group) is 1. The molecule has 0 fully saturated rings. The highest BCUT2D eigenvalue weighted by molar-refractivity contribution is 7.99. The van der Waals surface area contributed by atoms with Gasteiger partial charge < -0.3 is 15.0 Å². The first kappa shape index (κ1) is 20.8. The third-order valence-electron chi connectivity index (χ3n) is 4.26. The third-order valence-corrected chi connectivity index (χ3v) is 5.25. The standard InChI is InChI=1S/C21H26N2O3S/c1-16(21(25)22-2)23(13-17-7-5-4-6-8-17)20(24)15-27-14-18-9-11-19(26-3)12-10-18/h4-12,16H,13-15H2,1-3H3,(H,22,25). The van der Waals surface area contributed by atoms with Crippen molar-refractivity contribution in [2.24, 2.45) is 0 Å². The number of hydrogen-bond donors (Lipinski definition) is 1. The number of ether oxygens (including phenoxy) is 1. The van der Waals surface area contributed by atoms with Gasteiger partial charge in [0.05, 0.1) is 12.9 Å². The second-order valence-corrected chi connectivity index (χ2v) is 7.12. The molecular weight excluding hydrogens is 360 g/mol. The first-order valence-corrected chi connectivity index (χ1v) is 9.96. The predicted molar refractivity (Wildman–Crippen MR) is 110 cm³/mol. The highest BCUT2D eigenvalue weighted by atomic mass is 32.2. The van der Waals surface area contributed by atoms with Gasteiger partial charge in [0.25, 0.3) is 0 Å². The maximum absolute atomic E-state index is 12.8. The molecule has 1 unspecified atom stereocenters. The van der Waals surface area contributed by atoms with E-state index in [4.69, 9.17) is 4.74 Å². The summed E-state index contributed by atoms with van der Waals surface area (Å²) < 4.78 is 5.15. The number of rotatable bonds is 9. The van der Waals surface area contributed by atoms with Crippen LogP contribution in [0, 0.1) is 0 Å². The number of amides is 2. The fraction of sp³-hybridized carbons (Fsp3) is 0.333. The van der Waals surface area contributed by atoms with E-state index in [9.17, 15) is 9.59 Å². The van der Waals surface area contributed by atoms with Crippen LogP contribution in [0.5, 0.6) is 5.75 Å². The largest absolute Gasteiger partial charge is 0.497 e. The lowest BCUT2D eigenvalue weighted by atomic mass is 10.1. The van der Waals surface area contributed by atoms with E-state index in [1.54, 1.807) is 26.0 Å². The highest BCUT2D eigenvalue weighted by Crippen LogP contribution is 2.18. The van der Waals surface area contributed by atoms with Crippen molar-refractivity contribution >= 4 is 23.6 Å². The van der Waals surface area contributed by atoms with Gasteiger partial charge in [0.2, 0.25) is 11.8 Å². The second kappa shape index (κ2) is 10.6. The van der Waals surface area contributed by atoms with Gasteiger partial charge in [-0.1, -0.05) is 42.5 Å². The maximum Gasteiger partial charge on any atom is 0.242 e. The number of thioether (sulfide) groups is 1. The Labute approximate surface area is 165 Å². The molecule has 2 rings (SSSR count). The molecule has 0 spiro atoms. The maximum atomic E-state index is 12.8. The van der Waals surface area contributed by atoms with Crippen LogP contribution in [0.15, 0.2) is 54.6 Å². The third kappa shape index (κ3) is 6.32. The molecule has 2 aromatic carbocycles. The van der Waals surface area contributed by atoms with Gasteiger partial charge in [-0.05, 0) is 30.2 Å². The molecule has 27 heavy (non-hydrogen) atoms. The molecule has 0 aromatic heterocycles. The van der Waals surface area contributed by atoms with Gasteiger partial charge in [-0.25, -0.2) is 0 Å². The monoisotopic (exact) mass is 386 g/mol. The molecule has 0 saturated carbocycles. The van der Waals surface area contributed by atoms with Crippen molar-refractivity contribution in [1.29, 1.82) is 0 Å². The Kier molecular flexibility index (Phi) is 8.20. The van der Waals surface area contributed by atoms with Crippen molar-refractivity contribution in [2.45, 2.75) is 25.3 Å². The lowest BCUT2D eigenvalue weighted by molar-refractivity contribution is -0.138. The van der Waals surface area contributed by atoms with Crippen LogP contribution in [-0.2, 0) is 21.9 Å². The minimum Gasteiger partial charge on any atom is -0.497 e. The summed E-state index contributed by atoms with van der Waals surface area (Å²) >= 11 is 1.54. The highest BCUT2D eigenvalue weighted by Gasteiger charge is 2.25. The van der Waals surface area contributed by atoms with E-state index in [1.165, 1.54) is 11.8 Å². The molecule has 1 atom stereocenters. The smallest absolute Gasteiger partial charge is 0.242 e. The van der Waals surface area contributed by atoms with Gasteiger partial charge in [0.15, 0.2) is 0 Å². The Morgan fingerprint density at radius 3 is 2.33 bits per heavy atom. The summed E-state index contributed by atoms with van der Waals surface area (Å²) in [6.45, 7) is 2.17. The van der Waals surface area contributed by atoms with Crippen molar-refractivity contribution in [3.8, 4) is 5.75 Å². The molecule has 2 aromatic rings. The number of carbonyl (C=O) groups is 2. The second-order valence-electron chi connectivity index (χ2n) is 6.14. The van der Waals surface area contributed by atoms with Crippen LogP contribution in [0.25, 0.3) is 0 Å². The fourth-order valence-corrected chi connectivity index (χ4v) is 3.50. The first-order chi connectivity index (χ1) is 13.0. The zero-order chi connectivity index (χ0) is 19.6. The van der Waals surface area contributed by atoms with Crippen LogP contribution < -0.4 is 10.1 Å². The molecule has 5 nitrogen and oxygen atoms in total. The van der Waals surface area contributed by atoms with Gasteiger partial charge in [-0.2, -0.15) is 0 Å². The number of carbonyl (C=O) groups excluding carboxylic acids is 2. The Hall–Kier alpha value is -2.47. The lowest BCUT2D eigenvalue weighted by Gasteiger charge is -2.28. The molecule has 0 bridgehead atoms. The Bertz CT molecular complexity index is 735. The Morgan fingerprint density at radius 1 is 1.07 bits per heavy atom. The summed E-state index contributed by atoms with van der Waals surface area (Å²) in [7, 11) is 3.22. The van der Waals surface area contributed by atoms with Crippen molar-refractivity contribution in [1.82, 2.24) is 10.2 Å². The Morgan fingerprint density at radius 2 is 1.74 bits per heavy atom. The quantitative estimate of drug-likeness (QED) is 0.719. The molecule has 6 heteroatoms. The zero-order valence-corrected chi connectivity index (χ0v) is 16.8. The fourth-order valence-electron chi connectivity index (χ4n) is 2.63. The number of methoxy groups -OCH3 is 1. The molecule has 0 aliphatic carbocycles. The van der Waals surface area contributed by atoms with E-state index in [1.807, 2.05) is 54.6 Å². The summed E-state index contributed by atoms with van der Waals surface area (Å²) in [5, 5.41) is 2.63. The SMILES string of the molecule is CNC(=O)C(C)N(Cc1ccccc1)C(=O)CSCc1ccc(OC)cc1. The van der Waals surface area contributed by atoms with E-state index in [0.717, 1.165) is 22.6 Å². The molecule has 0 saturated heterocycles. The molecule has 2 amide bonds. The average Bonchev–Trinajstić information content (AvgIpc) is 2.72. The van der Waals surface area contributed by atoms with Crippen LogP contribution in [0.2, 0.25) is 0 Å². The molecule has 144 valence electrons. The topological polar surface area (TPSA) is 58.6 Å². The number of nitrogens with zero attached hydrogens (tertiary/aromatic N) is 1. The summed E-state index contributed by atoms with van der Waals surface area (Å²) in [6.07, 6.45) is 0. The van der Waals surface area contributed by atoms with Crippen LogP contribution in [0.4, 0.5) is 0 Å². The minimum atomic E-state index is -0.524. The van der Waals surface area contributed by atoms with Crippen molar-refractivity contribution in [3.05, 3.63) is 65.7 Å². The Balaban J connectivity index is 1.98. The number of nitrogens with one attached hydrogen (secondary N) is 1. The normalized spacial score (nSPS) is 11.5. The molecule has 0 heterocycles. The van der Waals surface area contributed by atoms with Gasteiger partial charge in [0.1, 0.15) is 11.8 Å². The molecule has 0 aliphatic heterocycles.